The predicted octanol–water partition coefficient (Wildman–Crippen LogP) is 3.22. The summed E-state index contributed by atoms with van der Waals surface area (Å²) in [5.74, 6) is -0.200. The van der Waals surface area contributed by atoms with Gasteiger partial charge in [-0.2, -0.15) is 0 Å². The molecule has 0 spiro atoms. The molecular weight excluding hydrogens is 382 g/mol. The standard InChI is InChI=1S/C15H22BrN3O3S/c1-15(2,3)22-14(21)19-6-4-5-9(8-19)18-13(20)12-10(17)7-11(16)23-12/h7,9H,4-6,8,17H2,1-3H3,(H,18,20)/t9-/m0/s1. The second-order valence-electron chi connectivity index (χ2n) is 6.57. The number of carbonyl (C=O) groups is 2. The van der Waals surface area contributed by atoms with E-state index >= 15 is 0 Å². The third kappa shape index (κ3) is 5.10. The molecule has 2 rings (SSSR count). The zero-order chi connectivity index (χ0) is 17.2. The zero-order valence-corrected chi connectivity index (χ0v) is 15.9. The highest BCUT2D eigenvalue weighted by Crippen LogP contribution is 2.29. The van der Waals surface area contributed by atoms with Crippen molar-refractivity contribution in [3.63, 3.8) is 0 Å². The summed E-state index contributed by atoms with van der Waals surface area (Å²) in [4.78, 5) is 26.6. The number of carbonyl (C=O) groups excluding carboxylic acids is 2. The summed E-state index contributed by atoms with van der Waals surface area (Å²) >= 11 is 4.62. The van der Waals surface area contributed by atoms with E-state index in [4.69, 9.17) is 10.5 Å². The fourth-order valence-electron chi connectivity index (χ4n) is 2.39. The number of ether oxygens (including phenoxy) is 1. The normalized spacial score (nSPS) is 18.6. The number of rotatable bonds is 2. The molecule has 23 heavy (non-hydrogen) atoms. The maximum Gasteiger partial charge on any atom is 0.410 e. The monoisotopic (exact) mass is 403 g/mol. The quantitative estimate of drug-likeness (QED) is 0.793. The average molecular weight is 404 g/mol. The fourth-order valence-corrected chi connectivity index (χ4v) is 3.83. The number of nitrogen functional groups attached to an aromatic ring is 1. The summed E-state index contributed by atoms with van der Waals surface area (Å²) in [5.41, 5.74) is 5.76. The number of piperidine rings is 1. The molecule has 0 aromatic carbocycles. The lowest BCUT2D eigenvalue weighted by Crippen LogP contribution is -2.50. The van der Waals surface area contributed by atoms with Crippen LogP contribution in [0.4, 0.5) is 10.5 Å². The molecule has 128 valence electrons. The van der Waals surface area contributed by atoms with Gasteiger partial charge in [0, 0.05) is 19.1 Å². The SMILES string of the molecule is CC(C)(C)OC(=O)N1CCC[C@H](NC(=O)c2sc(Br)cc2N)C1. The summed E-state index contributed by atoms with van der Waals surface area (Å²) in [6.07, 6.45) is 1.32. The van der Waals surface area contributed by atoms with Gasteiger partial charge >= 0.3 is 6.09 Å². The lowest BCUT2D eigenvalue weighted by molar-refractivity contribution is 0.0186. The molecule has 0 bridgehead atoms. The van der Waals surface area contributed by atoms with E-state index < -0.39 is 5.60 Å². The van der Waals surface area contributed by atoms with Crippen molar-refractivity contribution in [1.29, 1.82) is 0 Å². The van der Waals surface area contributed by atoms with E-state index in [1.165, 1.54) is 11.3 Å². The highest BCUT2D eigenvalue weighted by Gasteiger charge is 2.29. The second-order valence-corrected chi connectivity index (χ2v) is 9.01. The van der Waals surface area contributed by atoms with Gasteiger partial charge in [-0.3, -0.25) is 4.79 Å². The molecule has 1 fully saturated rings. The summed E-state index contributed by atoms with van der Waals surface area (Å²) in [5, 5.41) is 2.96. The smallest absolute Gasteiger partial charge is 0.410 e. The molecule has 6 nitrogen and oxygen atoms in total. The Bertz CT molecular complexity index is 597. The van der Waals surface area contributed by atoms with Gasteiger partial charge in [-0.25, -0.2) is 4.79 Å². The number of likely N-dealkylation sites (tertiary alicyclic amines) is 1. The van der Waals surface area contributed by atoms with E-state index in [9.17, 15) is 9.59 Å². The van der Waals surface area contributed by atoms with Crippen LogP contribution in [0.15, 0.2) is 9.85 Å². The summed E-state index contributed by atoms with van der Waals surface area (Å²) < 4.78 is 6.21. The van der Waals surface area contributed by atoms with Crippen LogP contribution >= 0.6 is 27.3 Å². The molecule has 8 heteroatoms. The minimum absolute atomic E-state index is 0.0935. The molecule has 0 aliphatic carbocycles. The van der Waals surface area contributed by atoms with Gasteiger partial charge < -0.3 is 20.7 Å². The third-order valence-corrected chi connectivity index (χ3v) is 5.00. The number of nitrogens with one attached hydrogen (secondary N) is 1. The van der Waals surface area contributed by atoms with Gasteiger partial charge in [0.15, 0.2) is 0 Å². The van der Waals surface area contributed by atoms with Crippen molar-refractivity contribution >= 4 is 45.0 Å². The van der Waals surface area contributed by atoms with Crippen molar-refractivity contribution in [3.05, 3.63) is 14.7 Å². The number of hydrogen-bond acceptors (Lipinski definition) is 5. The van der Waals surface area contributed by atoms with Crippen LogP contribution in [0.1, 0.15) is 43.3 Å². The Kier molecular flexibility index (Phi) is 5.57. The first kappa shape index (κ1) is 18.1. The molecule has 1 aliphatic rings. The predicted molar refractivity (Wildman–Crippen MR) is 94.7 cm³/mol. The van der Waals surface area contributed by atoms with E-state index in [1.807, 2.05) is 20.8 Å². The summed E-state index contributed by atoms with van der Waals surface area (Å²) in [7, 11) is 0. The Morgan fingerprint density at radius 2 is 2.17 bits per heavy atom. The Morgan fingerprint density at radius 1 is 1.48 bits per heavy atom. The van der Waals surface area contributed by atoms with Crippen LogP contribution in [0.3, 0.4) is 0 Å². The van der Waals surface area contributed by atoms with E-state index in [-0.39, 0.29) is 18.0 Å². The van der Waals surface area contributed by atoms with Crippen molar-refractivity contribution < 1.29 is 14.3 Å². The van der Waals surface area contributed by atoms with Crippen LogP contribution < -0.4 is 11.1 Å². The molecule has 0 radical (unpaired) electrons. The molecule has 2 heterocycles. The number of nitrogens with zero attached hydrogens (tertiary/aromatic N) is 1. The van der Waals surface area contributed by atoms with Gasteiger partial charge in [0.25, 0.3) is 5.91 Å². The van der Waals surface area contributed by atoms with Crippen LogP contribution in [0.2, 0.25) is 0 Å². The molecule has 3 N–H and O–H groups in total. The Labute approximate surface area is 148 Å². The molecule has 1 aromatic heterocycles. The highest BCUT2D eigenvalue weighted by molar-refractivity contribution is 9.11. The van der Waals surface area contributed by atoms with E-state index in [0.29, 0.717) is 23.7 Å². The maximum absolute atomic E-state index is 12.3. The van der Waals surface area contributed by atoms with Crippen molar-refractivity contribution in [2.45, 2.75) is 45.3 Å². The van der Waals surface area contributed by atoms with Gasteiger partial charge in [0.2, 0.25) is 0 Å². The van der Waals surface area contributed by atoms with Crippen LogP contribution in [-0.4, -0.2) is 41.6 Å². The van der Waals surface area contributed by atoms with E-state index in [1.54, 1.807) is 11.0 Å². The fraction of sp³-hybridized carbons (Fsp3) is 0.600. The summed E-state index contributed by atoms with van der Waals surface area (Å²) in [6.45, 7) is 6.61. The molecule has 1 saturated heterocycles. The molecule has 1 atom stereocenters. The maximum atomic E-state index is 12.3. The number of halogens is 1. The van der Waals surface area contributed by atoms with Crippen LogP contribution in [0.5, 0.6) is 0 Å². The van der Waals surface area contributed by atoms with Gasteiger partial charge in [-0.15, -0.1) is 11.3 Å². The lowest BCUT2D eigenvalue weighted by Gasteiger charge is -2.34. The third-order valence-electron chi connectivity index (χ3n) is 3.35. The first-order chi connectivity index (χ1) is 10.7. The van der Waals surface area contributed by atoms with Crippen molar-refractivity contribution in [3.8, 4) is 0 Å². The zero-order valence-electron chi connectivity index (χ0n) is 13.5. The summed E-state index contributed by atoms with van der Waals surface area (Å²) in [6, 6.07) is 1.62. The Morgan fingerprint density at radius 3 is 2.74 bits per heavy atom. The molecule has 1 aliphatic heterocycles. The largest absolute Gasteiger partial charge is 0.444 e. The minimum atomic E-state index is -0.523. The molecule has 0 unspecified atom stereocenters. The van der Waals surface area contributed by atoms with Gasteiger partial charge in [0.05, 0.1) is 9.47 Å². The number of thiophene rings is 1. The number of nitrogens with two attached hydrogens (primary N) is 1. The van der Waals surface area contributed by atoms with Crippen LogP contribution in [0, 0.1) is 0 Å². The van der Waals surface area contributed by atoms with E-state index in [2.05, 4.69) is 21.2 Å². The Balaban J connectivity index is 1.95. The van der Waals surface area contributed by atoms with Crippen LogP contribution in [0.25, 0.3) is 0 Å². The average Bonchev–Trinajstić information content (AvgIpc) is 2.76. The number of hydrogen-bond donors (Lipinski definition) is 2. The Hall–Kier alpha value is -1.28. The topological polar surface area (TPSA) is 84.7 Å². The molecular formula is C15H22BrN3O3S. The lowest BCUT2D eigenvalue weighted by atomic mass is 10.1. The first-order valence-electron chi connectivity index (χ1n) is 7.49. The molecule has 0 saturated carbocycles. The highest BCUT2D eigenvalue weighted by atomic mass is 79.9. The van der Waals surface area contributed by atoms with E-state index in [0.717, 1.165) is 16.6 Å². The first-order valence-corrected chi connectivity index (χ1v) is 9.10. The molecule has 1 aromatic rings. The van der Waals surface area contributed by atoms with Crippen LogP contribution in [-0.2, 0) is 4.74 Å². The molecule has 2 amide bonds. The van der Waals surface area contributed by atoms with Gasteiger partial charge in [-0.1, -0.05) is 0 Å². The van der Waals surface area contributed by atoms with Gasteiger partial charge in [-0.05, 0) is 55.6 Å². The van der Waals surface area contributed by atoms with Crippen molar-refractivity contribution in [2.24, 2.45) is 0 Å². The van der Waals surface area contributed by atoms with Crippen molar-refractivity contribution in [2.75, 3.05) is 18.8 Å². The second kappa shape index (κ2) is 7.09. The number of amides is 2. The van der Waals surface area contributed by atoms with Crippen molar-refractivity contribution in [1.82, 2.24) is 10.2 Å². The minimum Gasteiger partial charge on any atom is -0.444 e. The van der Waals surface area contributed by atoms with Gasteiger partial charge in [0.1, 0.15) is 10.5 Å². The number of anilines is 1.